The summed E-state index contributed by atoms with van der Waals surface area (Å²) >= 11 is 12.0. The van der Waals surface area contributed by atoms with Crippen molar-refractivity contribution in [1.82, 2.24) is 25.3 Å². The fraction of sp³-hybridized carbons (Fsp3) is 0.160. The third-order valence-corrected chi connectivity index (χ3v) is 5.66. The van der Waals surface area contributed by atoms with Gasteiger partial charge in [0.2, 0.25) is 11.9 Å². The molecule has 0 bridgehead atoms. The molecule has 0 aliphatic heterocycles. The molecule has 36 heavy (non-hydrogen) atoms. The lowest BCUT2D eigenvalue weighted by Gasteiger charge is -2.16. The van der Waals surface area contributed by atoms with Crippen molar-refractivity contribution in [2.45, 2.75) is 26.1 Å². The number of aromatic nitrogens is 4. The van der Waals surface area contributed by atoms with Crippen LogP contribution in [0.15, 0.2) is 71.8 Å². The van der Waals surface area contributed by atoms with Gasteiger partial charge in [-0.15, -0.1) is 0 Å². The van der Waals surface area contributed by atoms with E-state index in [2.05, 4.69) is 35.9 Å². The normalized spacial score (nSPS) is 11.5. The number of nitrogens with one attached hydrogen (secondary N) is 4. The number of carbonyl (C=O) groups excluding carboxylic acids is 1. The molecule has 1 atom stereocenters. The largest absolute Gasteiger partial charge is 0.358 e. The van der Waals surface area contributed by atoms with Crippen molar-refractivity contribution in [2.24, 2.45) is 0 Å². The van der Waals surface area contributed by atoms with E-state index >= 15 is 0 Å². The Morgan fingerprint density at radius 1 is 1.00 bits per heavy atom. The highest BCUT2D eigenvalue weighted by Crippen LogP contribution is 2.21. The van der Waals surface area contributed by atoms with Crippen LogP contribution in [-0.4, -0.2) is 31.9 Å². The Balaban J connectivity index is 1.50. The number of anilines is 2. The van der Waals surface area contributed by atoms with Gasteiger partial charge in [0.15, 0.2) is 0 Å². The molecule has 4 aromatic rings. The number of benzene rings is 2. The molecule has 4 N–H and O–H groups in total. The van der Waals surface area contributed by atoms with Gasteiger partial charge < -0.3 is 20.9 Å². The summed E-state index contributed by atoms with van der Waals surface area (Å²) in [7, 11) is 0. The summed E-state index contributed by atoms with van der Waals surface area (Å²) in [5.41, 5.74) is 2.52. The van der Waals surface area contributed by atoms with Gasteiger partial charge in [-0.1, -0.05) is 47.5 Å². The highest BCUT2D eigenvalue weighted by atomic mass is 35.5. The smallest absolute Gasteiger partial charge is 0.344 e. The minimum atomic E-state index is -0.588. The fourth-order valence-electron chi connectivity index (χ4n) is 3.29. The highest BCUT2D eigenvalue weighted by Gasteiger charge is 2.15. The zero-order valence-electron chi connectivity index (χ0n) is 19.3. The van der Waals surface area contributed by atoms with E-state index in [4.69, 9.17) is 23.2 Å². The van der Waals surface area contributed by atoms with Gasteiger partial charge in [-0.05, 0) is 42.3 Å². The molecule has 4 rings (SSSR count). The van der Waals surface area contributed by atoms with Crippen LogP contribution in [0.3, 0.4) is 0 Å². The van der Waals surface area contributed by atoms with Crippen molar-refractivity contribution >= 4 is 40.9 Å². The van der Waals surface area contributed by atoms with Crippen LogP contribution in [-0.2, 0) is 17.9 Å². The molecule has 1 amide bonds. The van der Waals surface area contributed by atoms with Crippen LogP contribution in [0.1, 0.15) is 18.1 Å². The summed E-state index contributed by atoms with van der Waals surface area (Å²) in [6.07, 6.45) is 2.94. The molecule has 2 aromatic carbocycles. The zero-order chi connectivity index (χ0) is 25.5. The van der Waals surface area contributed by atoms with Gasteiger partial charge >= 0.3 is 5.69 Å². The molecular weight excluding hydrogens is 501 g/mol. The minimum Gasteiger partial charge on any atom is -0.358 e. The molecule has 9 nitrogen and oxygen atoms in total. The van der Waals surface area contributed by atoms with E-state index < -0.39 is 11.7 Å². The van der Waals surface area contributed by atoms with Crippen molar-refractivity contribution in [1.29, 1.82) is 0 Å². The van der Waals surface area contributed by atoms with Crippen molar-refractivity contribution < 1.29 is 4.79 Å². The number of halogens is 2. The predicted molar refractivity (Wildman–Crippen MR) is 141 cm³/mol. The third kappa shape index (κ3) is 7.03. The van der Waals surface area contributed by atoms with Gasteiger partial charge in [0.05, 0.1) is 5.69 Å². The van der Waals surface area contributed by atoms with E-state index in [1.165, 1.54) is 12.4 Å². The Morgan fingerprint density at radius 2 is 1.81 bits per heavy atom. The van der Waals surface area contributed by atoms with E-state index in [1.807, 2.05) is 30.3 Å². The van der Waals surface area contributed by atoms with Gasteiger partial charge in [0.25, 0.3) is 0 Å². The average molecular weight is 524 g/mol. The molecule has 0 unspecified atom stereocenters. The minimum absolute atomic E-state index is 0.204. The first-order valence-electron chi connectivity index (χ1n) is 11.1. The summed E-state index contributed by atoms with van der Waals surface area (Å²) in [5.74, 6) is 0.549. The first-order valence-corrected chi connectivity index (χ1v) is 11.8. The molecule has 2 heterocycles. The van der Waals surface area contributed by atoms with Gasteiger partial charge in [0, 0.05) is 47.2 Å². The second kappa shape index (κ2) is 11.7. The Bertz CT molecular complexity index is 1390. The van der Waals surface area contributed by atoms with Crippen LogP contribution in [0, 0.1) is 0 Å². The standard InChI is InChI=1S/C25H23Cl2N7O2/c1-15(23(35)28-11-16-5-7-19(26)8-6-16)32-22-10-21(18-13-30-25(36)31-14-18)33-24(34-22)29-12-17-3-2-4-20(27)9-17/h2-10,13-15H,11-12H2,1H3,(H,28,35)(H,30,31,36)(H2,29,32,33,34)/t15-/m1/s1. The van der Waals surface area contributed by atoms with Crippen LogP contribution in [0.2, 0.25) is 10.0 Å². The number of carbonyl (C=O) groups is 1. The maximum Gasteiger partial charge on any atom is 0.344 e. The molecule has 2 aromatic heterocycles. The Hall–Kier alpha value is -3.95. The molecule has 0 saturated carbocycles. The third-order valence-electron chi connectivity index (χ3n) is 5.17. The monoisotopic (exact) mass is 523 g/mol. The molecule has 184 valence electrons. The Labute approximate surface area is 217 Å². The van der Waals surface area contributed by atoms with Gasteiger partial charge in [-0.2, -0.15) is 4.98 Å². The predicted octanol–water partition coefficient (Wildman–Crippen LogP) is 4.26. The number of H-pyrrole nitrogens is 1. The Morgan fingerprint density at radius 3 is 2.53 bits per heavy atom. The number of rotatable bonds is 9. The quantitative estimate of drug-likeness (QED) is 0.258. The van der Waals surface area contributed by atoms with Gasteiger partial charge in [-0.3, -0.25) is 4.79 Å². The highest BCUT2D eigenvalue weighted by molar-refractivity contribution is 6.30. The van der Waals surface area contributed by atoms with E-state index in [0.717, 1.165) is 11.1 Å². The SMILES string of the molecule is C[C@@H](Nc1cc(-c2cnc(=O)[nH]c2)nc(NCc2cccc(Cl)c2)n1)C(=O)NCc1ccc(Cl)cc1. The molecule has 0 aliphatic carbocycles. The number of aromatic amines is 1. The molecule has 0 spiro atoms. The van der Waals surface area contributed by atoms with Crippen molar-refractivity contribution in [3.8, 4) is 11.3 Å². The first-order chi connectivity index (χ1) is 17.4. The molecular formula is C25H23Cl2N7O2. The summed E-state index contributed by atoms with van der Waals surface area (Å²) < 4.78 is 0. The van der Waals surface area contributed by atoms with Crippen molar-refractivity contribution in [3.05, 3.63) is 98.6 Å². The van der Waals surface area contributed by atoms with Gasteiger partial charge in [0.1, 0.15) is 11.9 Å². The number of amides is 1. The van der Waals surface area contributed by atoms with Crippen LogP contribution >= 0.6 is 23.2 Å². The summed E-state index contributed by atoms with van der Waals surface area (Å²) in [5, 5.41) is 10.5. The number of hydrogen-bond donors (Lipinski definition) is 4. The van der Waals surface area contributed by atoms with Crippen LogP contribution in [0.25, 0.3) is 11.3 Å². The first kappa shape index (κ1) is 25.2. The lowest BCUT2D eigenvalue weighted by atomic mass is 10.2. The second-order valence-corrected chi connectivity index (χ2v) is 8.84. The van der Waals surface area contributed by atoms with Crippen LogP contribution in [0.4, 0.5) is 11.8 Å². The lowest BCUT2D eigenvalue weighted by molar-refractivity contribution is -0.121. The van der Waals surface area contributed by atoms with E-state index in [0.29, 0.717) is 46.2 Å². The van der Waals surface area contributed by atoms with E-state index in [1.54, 1.807) is 31.2 Å². The summed E-state index contributed by atoms with van der Waals surface area (Å²) in [6.45, 7) is 2.54. The molecule has 0 aliphatic rings. The number of hydrogen-bond acceptors (Lipinski definition) is 7. The molecule has 11 heteroatoms. The summed E-state index contributed by atoms with van der Waals surface area (Å²) in [6, 6.07) is 15.8. The van der Waals surface area contributed by atoms with Crippen molar-refractivity contribution in [3.63, 3.8) is 0 Å². The average Bonchev–Trinajstić information content (AvgIpc) is 2.87. The maximum atomic E-state index is 12.7. The number of nitrogens with zero attached hydrogens (tertiary/aromatic N) is 3. The second-order valence-electron chi connectivity index (χ2n) is 7.96. The zero-order valence-corrected chi connectivity index (χ0v) is 20.8. The van der Waals surface area contributed by atoms with Gasteiger partial charge in [-0.25, -0.2) is 14.8 Å². The van der Waals surface area contributed by atoms with E-state index in [-0.39, 0.29) is 5.91 Å². The molecule has 0 saturated heterocycles. The summed E-state index contributed by atoms with van der Waals surface area (Å²) in [4.78, 5) is 39.4. The Kier molecular flexibility index (Phi) is 8.14. The fourth-order valence-corrected chi connectivity index (χ4v) is 3.63. The molecule has 0 fully saturated rings. The van der Waals surface area contributed by atoms with E-state index in [9.17, 15) is 9.59 Å². The molecule has 0 radical (unpaired) electrons. The maximum absolute atomic E-state index is 12.7. The van der Waals surface area contributed by atoms with Crippen LogP contribution in [0.5, 0.6) is 0 Å². The van der Waals surface area contributed by atoms with Crippen molar-refractivity contribution in [2.75, 3.05) is 10.6 Å². The lowest BCUT2D eigenvalue weighted by Crippen LogP contribution is -2.37. The van der Waals surface area contributed by atoms with Crippen LogP contribution < -0.4 is 21.6 Å². The topological polar surface area (TPSA) is 125 Å².